The van der Waals surface area contributed by atoms with Crippen molar-refractivity contribution in [1.82, 2.24) is 5.32 Å². The number of esters is 1. The molecule has 7 nitrogen and oxygen atoms in total. The number of hydrogen-bond donors (Lipinski definition) is 2. The van der Waals surface area contributed by atoms with Crippen molar-refractivity contribution in [3.05, 3.63) is 96.1 Å². The van der Waals surface area contributed by atoms with Gasteiger partial charge in [-0.2, -0.15) is 0 Å². The molecule has 0 saturated heterocycles. The normalized spacial score (nSPS) is 12.6. The van der Waals surface area contributed by atoms with Crippen molar-refractivity contribution in [2.75, 3.05) is 0 Å². The van der Waals surface area contributed by atoms with E-state index in [0.29, 0.717) is 0 Å². The third kappa shape index (κ3) is 8.92. The molecule has 1 amide bonds. The Labute approximate surface area is 230 Å². The summed E-state index contributed by atoms with van der Waals surface area (Å²) in [6.45, 7) is 6.94. The van der Waals surface area contributed by atoms with Gasteiger partial charge in [0, 0.05) is 6.42 Å². The second-order valence-corrected chi connectivity index (χ2v) is 10.3. The van der Waals surface area contributed by atoms with E-state index < -0.39 is 41.1 Å². The van der Waals surface area contributed by atoms with Gasteiger partial charge >= 0.3 is 12.1 Å². The van der Waals surface area contributed by atoms with Gasteiger partial charge in [0.2, 0.25) is 0 Å². The summed E-state index contributed by atoms with van der Waals surface area (Å²) >= 11 is 0. The van der Waals surface area contributed by atoms with Crippen molar-refractivity contribution in [3.63, 3.8) is 0 Å². The monoisotopic (exact) mass is 528 g/mol. The zero-order chi connectivity index (χ0) is 28.4. The molecule has 3 aromatic rings. The van der Waals surface area contributed by atoms with Gasteiger partial charge in [0.15, 0.2) is 5.78 Å². The molecule has 0 aromatic heterocycles. The van der Waals surface area contributed by atoms with E-state index in [1.165, 1.54) is 0 Å². The summed E-state index contributed by atoms with van der Waals surface area (Å²) < 4.78 is 10.8. The van der Waals surface area contributed by atoms with E-state index in [-0.39, 0.29) is 19.4 Å². The number of alkyl carbamates (subject to hydrolysis) is 1. The van der Waals surface area contributed by atoms with E-state index in [4.69, 9.17) is 14.9 Å². The third-order valence-electron chi connectivity index (χ3n) is 6.04. The number of carbonyl (C=O) groups excluding carboxylic acids is 3. The number of amides is 1. The molecule has 0 fully saturated rings. The summed E-state index contributed by atoms with van der Waals surface area (Å²) in [5.41, 5.74) is 2.50. The molecule has 0 aliphatic rings. The van der Waals surface area contributed by atoms with Gasteiger partial charge in [0.1, 0.15) is 24.2 Å². The van der Waals surface area contributed by atoms with Crippen LogP contribution in [0.5, 0.6) is 0 Å². The molecular formula is C32H36N2O5. The lowest BCUT2D eigenvalue weighted by Crippen LogP contribution is -2.49. The van der Waals surface area contributed by atoms with E-state index in [1.807, 2.05) is 84.9 Å². The summed E-state index contributed by atoms with van der Waals surface area (Å²) in [4.78, 5) is 39.0. The zero-order valence-corrected chi connectivity index (χ0v) is 22.9. The van der Waals surface area contributed by atoms with Crippen molar-refractivity contribution < 1.29 is 23.9 Å². The van der Waals surface area contributed by atoms with E-state index in [9.17, 15) is 14.4 Å². The van der Waals surface area contributed by atoms with Crippen LogP contribution >= 0.6 is 0 Å². The largest absolute Gasteiger partial charge is 0.460 e. The molecule has 204 valence electrons. The first kappa shape index (κ1) is 29.3. The van der Waals surface area contributed by atoms with Crippen LogP contribution in [-0.4, -0.2) is 35.2 Å². The Bertz CT molecular complexity index is 1270. The predicted octanol–water partition coefficient (Wildman–Crippen LogP) is 6.15. The highest BCUT2D eigenvalue weighted by atomic mass is 16.6. The van der Waals surface area contributed by atoms with E-state index in [2.05, 4.69) is 5.32 Å². The molecule has 39 heavy (non-hydrogen) atoms. The molecule has 7 heteroatoms. The lowest BCUT2D eigenvalue weighted by molar-refractivity contribution is -0.147. The maximum absolute atomic E-state index is 13.5. The molecule has 2 N–H and O–H groups in total. The Kier molecular flexibility index (Phi) is 10.1. The van der Waals surface area contributed by atoms with Crippen molar-refractivity contribution >= 4 is 23.6 Å². The molecule has 0 bridgehead atoms. The highest BCUT2D eigenvalue weighted by Gasteiger charge is 2.34. The molecule has 3 aromatic carbocycles. The molecule has 0 radical (unpaired) electrons. The summed E-state index contributed by atoms with van der Waals surface area (Å²) in [6.07, 6.45) is -0.428. The van der Waals surface area contributed by atoms with Crippen LogP contribution in [0.1, 0.15) is 45.2 Å². The van der Waals surface area contributed by atoms with Gasteiger partial charge in [-0.25, -0.2) is 4.79 Å². The average Bonchev–Trinajstić information content (AvgIpc) is 2.92. The lowest BCUT2D eigenvalue weighted by Gasteiger charge is -2.24. The minimum Gasteiger partial charge on any atom is -0.460 e. The van der Waals surface area contributed by atoms with Gasteiger partial charge in [-0.1, -0.05) is 91.9 Å². The van der Waals surface area contributed by atoms with E-state index >= 15 is 0 Å². The first-order chi connectivity index (χ1) is 18.6. The Balaban J connectivity index is 1.76. The fourth-order valence-electron chi connectivity index (χ4n) is 4.04. The summed E-state index contributed by atoms with van der Waals surface area (Å²) in [5.74, 6) is -2.36. The second kappa shape index (κ2) is 13.5. The van der Waals surface area contributed by atoms with Crippen molar-refractivity contribution in [1.29, 1.82) is 5.41 Å². The van der Waals surface area contributed by atoms with E-state index in [1.54, 1.807) is 27.7 Å². The number of rotatable bonds is 11. The molecule has 0 aliphatic heterocycles. The topological polar surface area (TPSA) is 106 Å². The average molecular weight is 529 g/mol. The van der Waals surface area contributed by atoms with Crippen LogP contribution in [0.25, 0.3) is 11.1 Å². The number of ketones is 1. The second-order valence-electron chi connectivity index (χ2n) is 10.3. The maximum Gasteiger partial charge on any atom is 0.408 e. The minimum atomic E-state index is -1.09. The molecular weight excluding hydrogens is 492 g/mol. The maximum atomic E-state index is 13.5. The van der Waals surface area contributed by atoms with Gasteiger partial charge in [0.05, 0.1) is 5.71 Å². The first-order valence-electron chi connectivity index (χ1n) is 13.0. The Morgan fingerprint density at radius 3 is 1.95 bits per heavy atom. The first-order valence-corrected chi connectivity index (χ1v) is 13.0. The summed E-state index contributed by atoms with van der Waals surface area (Å²) in [5, 5.41) is 11.2. The smallest absolute Gasteiger partial charge is 0.408 e. The van der Waals surface area contributed by atoms with Crippen LogP contribution in [0.15, 0.2) is 84.9 Å². The van der Waals surface area contributed by atoms with Gasteiger partial charge in [-0.15, -0.1) is 0 Å². The number of hydrogen-bond acceptors (Lipinski definition) is 6. The zero-order valence-electron chi connectivity index (χ0n) is 22.9. The summed E-state index contributed by atoms with van der Waals surface area (Å²) in [7, 11) is 0. The van der Waals surface area contributed by atoms with Crippen LogP contribution < -0.4 is 5.32 Å². The van der Waals surface area contributed by atoms with Crippen molar-refractivity contribution in [2.24, 2.45) is 5.92 Å². The number of ether oxygens (including phenoxy) is 2. The molecule has 0 unspecified atom stereocenters. The molecule has 0 heterocycles. The fraction of sp³-hybridized carbons (Fsp3) is 0.312. The number of nitrogens with one attached hydrogen (secondary N) is 2. The van der Waals surface area contributed by atoms with Crippen LogP contribution in [0.3, 0.4) is 0 Å². The van der Waals surface area contributed by atoms with Gasteiger partial charge < -0.3 is 20.2 Å². The van der Waals surface area contributed by atoms with Crippen LogP contribution in [-0.2, 0) is 32.1 Å². The number of carbonyl (C=O) groups is 3. The van der Waals surface area contributed by atoms with Gasteiger partial charge in [-0.05, 0) is 49.4 Å². The molecule has 3 rings (SSSR count). The Morgan fingerprint density at radius 1 is 0.821 bits per heavy atom. The quantitative estimate of drug-likeness (QED) is 0.229. The standard InChI is InChI=1S/C32H36N2O5/c1-5-26(30(36)38-21-23-12-8-6-9-13-23)28(33)29(35)27(34-31(37)39-32(2,3)4)20-22-16-18-25(19-17-22)24-14-10-7-11-15-24/h6-19,26-27,33H,5,20-21H2,1-4H3,(H,34,37)/t26-,27-/m0/s1. The molecule has 0 saturated carbocycles. The predicted molar refractivity (Wildman–Crippen MR) is 151 cm³/mol. The van der Waals surface area contributed by atoms with Crippen molar-refractivity contribution in [2.45, 2.75) is 58.8 Å². The third-order valence-corrected chi connectivity index (χ3v) is 6.04. The van der Waals surface area contributed by atoms with Gasteiger partial charge in [0.25, 0.3) is 0 Å². The fourth-order valence-corrected chi connectivity index (χ4v) is 4.04. The van der Waals surface area contributed by atoms with Crippen LogP contribution in [0.2, 0.25) is 0 Å². The lowest BCUT2D eigenvalue weighted by atomic mass is 9.91. The van der Waals surface area contributed by atoms with Gasteiger partial charge in [-0.3, -0.25) is 9.59 Å². The van der Waals surface area contributed by atoms with Crippen LogP contribution in [0, 0.1) is 11.3 Å². The Hall–Kier alpha value is -4.26. The number of benzene rings is 3. The SMILES string of the molecule is CC[C@@H](C(=N)C(=O)[C@H](Cc1ccc(-c2ccccc2)cc1)NC(=O)OC(C)(C)C)C(=O)OCc1ccccc1. The molecule has 0 spiro atoms. The minimum absolute atomic E-state index is 0.0466. The van der Waals surface area contributed by atoms with Crippen molar-refractivity contribution in [3.8, 4) is 11.1 Å². The number of Topliss-reactive ketones (excluding diaryl/α,β-unsaturated/α-hetero) is 1. The molecule has 2 atom stereocenters. The van der Waals surface area contributed by atoms with E-state index in [0.717, 1.165) is 22.3 Å². The summed E-state index contributed by atoms with van der Waals surface area (Å²) in [6, 6.07) is 25.7. The molecule has 0 aliphatic carbocycles. The van der Waals surface area contributed by atoms with Crippen LogP contribution in [0.4, 0.5) is 4.79 Å². The Morgan fingerprint density at radius 2 is 1.38 bits per heavy atom. The highest BCUT2D eigenvalue weighted by Crippen LogP contribution is 2.21. The highest BCUT2D eigenvalue weighted by molar-refractivity contribution is 6.44.